The summed E-state index contributed by atoms with van der Waals surface area (Å²) < 4.78 is 26.6. The van der Waals surface area contributed by atoms with Gasteiger partial charge in [-0.2, -0.15) is 0 Å². The normalized spacial score (nSPS) is 10.8. The predicted molar refractivity (Wildman–Crippen MR) is 94.8 cm³/mol. The molecule has 1 N–H and O–H groups in total. The van der Waals surface area contributed by atoms with Crippen molar-refractivity contribution in [3.05, 3.63) is 52.8 Å². The number of benzene rings is 1. The minimum absolute atomic E-state index is 0.0914. The Bertz CT molecular complexity index is 692. The first-order valence-corrected chi connectivity index (χ1v) is 8.18. The highest BCUT2D eigenvalue weighted by Gasteiger charge is 2.13. The third-order valence-corrected chi connectivity index (χ3v) is 3.65. The molecule has 0 aliphatic carbocycles. The average molecular weight is 363 g/mol. The number of pyridine rings is 1. The van der Waals surface area contributed by atoms with Crippen LogP contribution in [0.5, 0.6) is 11.5 Å². The molecule has 1 heterocycles. The fourth-order valence-corrected chi connectivity index (χ4v) is 2.41. The summed E-state index contributed by atoms with van der Waals surface area (Å²) >= 11 is 0. The fourth-order valence-electron chi connectivity index (χ4n) is 2.41. The van der Waals surface area contributed by atoms with Gasteiger partial charge in [0.25, 0.3) is 0 Å². The molecule has 0 unspecified atom stereocenters. The highest BCUT2D eigenvalue weighted by atomic mass is 16.7. The number of rotatable bonds is 11. The molecule has 0 saturated carbocycles. The summed E-state index contributed by atoms with van der Waals surface area (Å²) in [5, 5.41) is 9.73. The molecule has 26 heavy (non-hydrogen) atoms. The molecule has 1 aromatic carbocycles. The summed E-state index contributed by atoms with van der Waals surface area (Å²) in [4.78, 5) is 4.31. The zero-order valence-corrected chi connectivity index (χ0v) is 15.4. The van der Waals surface area contributed by atoms with Crippen LogP contribution >= 0.6 is 0 Å². The molecular formula is C19H25NO6. The molecule has 7 nitrogen and oxygen atoms in total. The van der Waals surface area contributed by atoms with Crippen molar-refractivity contribution >= 4 is 0 Å². The van der Waals surface area contributed by atoms with Crippen molar-refractivity contribution in [2.45, 2.75) is 26.7 Å². The molecule has 1 aromatic heterocycles. The van der Waals surface area contributed by atoms with E-state index in [1.54, 1.807) is 20.4 Å². The van der Waals surface area contributed by atoms with Gasteiger partial charge in [0.1, 0.15) is 11.5 Å². The van der Waals surface area contributed by atoms with Gasteiger partial charge < -0.3 is 28.8 Å². The van der Waals surface area contributed by atoms with E-state index in [1.165, 1.54) is 0 Å². The maximum absolute atomic E-state index is 9.73. The van der Waals surface area contributed by atoms with Gasteiger partial charge in [0.15, 0.2) is 13.6 Å². The van der Waals surface area contributed by atoms with Gasteiger partial charge in [-0.05, 0) is 24.6 Å². The van der Waals surface area contributed by atoms with Crippen molar-refractivity contribution in [1.82, 2.24) is 4.98 Å². The molecule has 0 spiro atoms. The van der Waals surface area contributed by atoms with Crippen molar-refractivity contribution < 1.29 is 28.8 Å². The van der Waals surface area contributed by atoms with Crippen LogP contribution in [0.25, 0.3) is 0 Å². The van der Waals surface area contributed by atoms with Crippen molar-refractivity contribution in [2.24, 2.45) is 0 Å². The van der Waals surface area contributed by atoms with Gasteiger partial charge in [-0.1, -0.05) is 12.1 Å². The molecule has 0 amide bonds. The summed E-state index contributed by atoms with van der Waals surface area (Å²) in [5.74, 6) is 1.25. The van der Waals surface area contributed by atoms with Crippen LogP contribution in [0.4, 0.5) is 0 Å². The van der Waals surface area contributed by atoms with E-state index in [4.69, 9.17) is 23.7 Å². The van der Waals surface area contributed by atoms with Gasteiger partial charge >= 0.3 is 0 Å². The minimum atomic E-state index is -0.165. The van der Waals surface area contributed by atoms with Crippen LogP contribution in [0, 0.1) is 6.92 Å². The summed E-state index contributed by atoms with van der Waals surface area (Å²) in [7, 11) is 3.12. The van der Waals surface area contributed by atoms with E-state index in [0.717, 1.165) is 16.9 Å². The van der Waals surface area contributed by atoms with E-state index in [-0.39, 0.29) is 20.2 Å². The first kappa shape index (κ1) is 20.1. The van der Waals surface area contributed by atoms with Crippen LogP contribution in [-0.4, -0.2) is 37.9 Å². The van der Waals surface area contributed by atoms with Gasteiger partial charge in [0.05, 0.1) is 25.5 Å². The molecule has 0 aliphatic heterocycles. The molecule has 0 radical (unpaired) electrons. The van der Waals surface area contributed by atoms with Crippen LogP contribution in [0.1, 0.15) is 22.4 Å². The lowest BCUT2D eigenvalue weighted by Crippen LogP contribution is -2.08. The van der Waals surface area contributed by atoms with Gasteiger partial charge in [0.2, 0.25) is 0 Å². The van der Waals surface area contributed by atoms with Gasteiger partial charge in [0, 0.05) is 31.5 Å². The highest BCUT2D eigenvalue weighted by molar-refractivity contribution is 5.41. The lowest BCUT2D eigenvalue weighted by atomic mass is 10.1. The Balaban J connectivity index is 2.01. The van der Waals surface area contributed by atoms with Crippen molar-refractivity contribution in [3.8, 4) is 11.5 Å². The molecule has 2 aromatic rings. The lowest BCUT2D eigenvalue weighted by Gasteiger charge is -2.15. The lowest BCUT2D eigenvalue weighted by molar-refractivity contribution is 0.0479. The zero-order valence-electron chi connectivity index (χ0n) is 15.4. The van der Waals surface area contributed by atoms with E-state index in [1.807, 2.05) is 31.2 Å². The first-order valence-electron chi connectivity index (χ1n) is 8.18. The molecule has 2 rings (SSSR count). The van der Waals surface area contributed by atoms with Crippen molar-refractivity contribution in [3.63, 3.8) is 0 Å². The number of aliphatic hydroxyl groups excluding tert-OH is 1. The number of hydrogen-bond donors (Lipinski definition) is 1. The third-order valence-electron chi connectivity index (χ3n) is 3.65. The number of nitrogens with zero attached hydrogens (tertiary/aromatic N) is 1. The number of methoxy groups -OCH3 is 2. The first-order chi connectivity index (χ1) is 12.7. The van der Waals surface area contributed by atoms with Gasteiger partial charge in [-0.15, -0.1) is 0 Å². The predicted octanol–water partition coefficient (Wildman–Crippen LogP) is 2.56. The maximum Gasteiger partial charge on any atom is 0.188 e. The third kappa shape index (κ3) is 5.67. The van der Waals surface area contributed by atoms with E-state index >= 15 is 0 Å². The Labute approximate surface area is 153 Å². The van der Waals surface area contributed by atoms with Crippen molar-refractivity contribution in [2.75, 3.05) is 27.8 Å². The Morgan fingerprint density at radius 1 is 1.04 bits per heavy atom. The Kier molecular flexibility index (Phi) is 8.30. The Hall–Kier alpha value is -2.19. The molecule has 0 saturated heterocycles. The Morgan fingerprint density at radius 2 is 1.81 bits per heavy atom. The maximum atomic E-state index is 9.73. The van der Waals surface area contributed by atoms with E-state index in [0.29, 0.717) is 30.2 Å². The molecule has 0 aliphatic rings. The number of ether oxygens (including phenoxy) is 5. The Morgan fingerprint density at radius 3 is 2.54 bits per heavy atom. The van der Waals surface area contributed by atoms with Crippen LogP contribution in [-0.2, 0) is 34.0 Å². The van der Waals surface area contributed by atoms with Gasteiger partial charge in [-0.25, -0.2) is 0 Å². The monoisotopic (exact) mass is 363 g/mol. The molecule has 0 fully saturated rings. The van der Waals surface area contributed by atoms with E-state index in [2.05, 4.69) is 4.98 Å². The molecule has 142 valence electrons. The number of aromatic nitrogens is 1. The summed E-state index contributed by atoms with van der Waals surface area (Å²) in [5.41, 5.74) is 3.10. The number of hydrogen-bond acceptors (Lipinski definition) is 7. The van der Waals surface area contributed by atoms with Gasteiger partial charge in [-0.3, -0.25) is 4.98 Å². The quantitative estimate of drug-likeness (QED) is 0.615. The SMILES string of the molecule is COCOc1cccc(COCc2cnc(C)c(OCOC)c2CO)c1. The summed E-state index contributed by atoms with van der Waals surface area (Å²) in [6.07, 6.45) is 1.69. The number of aliphatic hydroxyl groups is 1. The minimum Gasteiger partial charge on any atom is -0.468 e. The van der Waals surface area contributed by atoms with Crippen LogP contribution < -0.4 is 9.47 Å². The average Bonchev–Trinajstić information content (AvgIpc) is 2.66. The van der Waals surface area contributed by atoms with Crippen LogP contribution in [0.15, 0.2) is 30.5 Å². The van der Waals surface area contributed by atoms with Crippen LogP contribution in [0.2, 0.25) is 0 Å². The standard InChI is InChI=1S/C19H25NO6/c1-14-19(26-13-23-3)18(9-21)16(8-20-14)11-24-10-15-5-4-6-17(7-15)25-12-22-2/h4-8,21H,9-13H2,1-3H3. The van der Waals surface area contributed by atoms with E-state index in [9.17, 15) is 5.11 Å². The topological polar surface area (TPSA) is 79.3 Å². The second-order valence-corrected chi connectivity index (χ2v) is 5.58. The number of aryl methyl sites for hydroxylation is 1. The molecule has 0 bridgehead atoms. The second kappa shape index (κ2) is 10.7. The second-order valence-electron chi connectivity index (χ2n) is 5.58. The summed E-state index contributed by atoms with van der Waals surface area (Å²) in [6.45, 7) is 2.65. The molecular weight excluding hydrogens is 338 g/mol. The largest absolute Gasteiger partial charge is 0.468 e. The van der Waals surface area contributed by atoms with E-state index < -0.39 is 0 Å². The van der Waals surface area contributed by atoms with Crippen LogP contribution in [0.3, 0.4) is 0 Å². The summed E-state index contributed by atoms with van der Waals surface area (Å²) in [6, 6.07) is 7.60. The fraction of sp³-hybridized carbons (Fsp3) is 0.421. The highest BCUT2D eigenvalue weighted by Crippen LogP contribution is 2.26. The van der Waals surface area contributed by atoms with Crippen molar-refractivity contribution in [1.29, 1.82) is 0 Å². The molecule has 0 atom stereocenters. The smallest absolute Gasteiger partial charge is 0.188 e. The molecule has 7 heteroatoms. The zero-order chi connectivity index (χ0) is 18.8.